The Morgan fingerprint density at radius 2 is 1.97 bits per heavy atom. The molecule has 0 aliphatic carbocycles. The molecule has 33 heavy (non-hydrogen) atoms. The molecule has 2 unspecified atom stereocenters. The zero-order valence-corrected chi connectivity index (χ0v) is 18.5. The van der Waals surface area contributed by atoms with Crippen molar-refractivity contribution in [1.82, 2.24) is 9.78 Å². The van der Waals surface area contributed by atoms with E-state index in [2.05, 4.69) is 5.10 Å². The molecule has 0 amide bonds. The molecule has 4 rings (SSSR count). The van der Waals surface area contributed by atoms with E-state index < -0.39 is 28.0 Å². The van der Waals surface area contributed by atoms with Gasteiger partial charge in [0.25, 0.3) is 10.1 Å². The maximum absolute atomic E-state index is 13.4. The normalized spacial score (nSPS) is 18.5. The van der Waals surface area contributed by atoms with Gasteiger partial charge in [0.05, 0.1) is 16.2 Å². The molecule has 1 aliphatic rings. The van der Waals surface area contributed by atoms with Crippen molar-refractivity contribution in [3.63, 3.8) is 0 Å². The van der Waals surface area contributed by atoms with Crippen LogP contribution < -0.4 is 9.47 Å². The summed E-state index contributed by atoms with van der Waals surface area (Å²) in [7, 11) is -2.82. The molecule has 1 N–H and O–H groups in total. The van der Waals surface area contributed by atoms with E-state index in [-0.39, 0.29) is 28.1 Å². The summed E-state index contributed by atoms with van der Waals surface area (Å²) >= 11 is 0. The molecule has 2 atom stereocenters. The molecule has 11 heteroatoms. The Balaban J connectivity index is 1.78. The zero-order chi connectivity index (χ0) is 24.0. The molecule has 0 saturated heterocycles. The Kier molecular flexibility index (Phi) is 5.87. The molecule has 7 nitrogen and oxygen atoms in total. The summed E-state index contributed by atoms with van der Waals surface area (Å²) in [6, 6.07) is 8.76. The molecule has 0 bridgehead atoms. The van der Waals surface area contributed by atoms with Crippen LogP contribution in [0.3, 0.4) is 0 Å². The fourth-order valence-electron chi connectivity index (χ4n) is 3.80. The van der Waals surface area contributed by atoms with Crippen LogP contribution >= 0.6 is 0 Å². The van der Waals surface area contributed by atoms with E-state index in [0.29, 0.717) is 24.1 Å². The molecule has 3 aromatic rings. The van der Waals surface area contributed by atoms with E-state index in [0.717, 1.165) is 12.1 Å². The lowest BCUT2D eigenvalue weighted by atomic mass is 9.97. The standard InChI is InChI=1S/C22H21F3N2O5S/c1-3-14-11-20(16-6-5-15(33(28,29)30)12-21(16)31-14)32-19-7-4-13(22(23,24)25)10-17(19)18-8-9-26-27(18)2/h4-10,12,14,20H,3,11H2,1-2H3,(H,28,29,30). The average Bonchev–Trinajstić information content (AvgIpc) is 3.17. The van der Waals surface area contributed by atoms with Crippen molar-refractivity contribution in [3.8, 4) is 22.8 Å². The summed E-state index contributed by atoms with van der Waals surface area (Å²) in [5.41, 5.74) is 0.378. The average molecular weight is 482 g/mol. The molecule has 0 spiro atoms. The van der Waals surface area contributed by atoms with E-state index in [1.165, 1.54) is 35.1 Å². The largest absolute Gasteiger partial charge is 0.490 e. The lowest BCUT2D eigenvalue weighted by Gasteiger charge is -2.32. The van der Waals surface area contributed by atoms with Gasteiger partial charge >= 0.3 is 6.18 Å². The van der Waals surface area contributed by atoms with Crippen molar-refractivity contribution in [2.24, 2.45) is 7.05 Å². The minimum absolute atomic E-state index is 0.221. The van der Waals surface area contributed by atoms with Gasteiger partial charge in [0.15, 0.2) is 0 Å². The smallest absolute Gasteiger partial charge is 0.416 e. The highest BCUT2D eigenvalue weighted by Gasteiger charge is 2.34. The molecule has 1 aromatic heterocycles. The van der Waals surface area contributed by atoms with Gasteiger partial charge in [0.1, 0.15) is 23.7 Å². The van der Waals surface area contributed by atoms with E-state index in [1.807, 2.05) is 6.92 Å². The minimum atomic E-state index is -4.53. The van der Waals surface area contributed by atoms with Crippen LogP contribution in [0.5, 0.6) is 11.5 Å². The first-order valence-corrected chi connectivity index (χ1v) is 11.6. The van der Waals surface area contributed by atoms with Crippen molar-refractivity contribution in [3.05, 3.63) is 59.8 Å². The topological polar surface area (TPSA) is 90.7 Å². The number of rotatable bonds is 5. The quantitative estimate of drug-likeness (QED) is 0.513. The van der Waals surface area contributed by atoms with E-state index in [1.54, 1.807) is 13.1 Å². The Morgan fingerprint density at radius 1 is 1.21 bits per heavy atom. The van der Waals surface area contributed by atoms with E-state index in [4.69, 9.17) is 9.47 Å². The van der Waals surface area contributed by atoms with Crippen LogP contribution in [0, 0.1) is 0 Å². The van der Waals surface area contributed by atoms with Crippen LogP contribution in [0.2, 0.25) is 0 Å². The van der Waals surface area contributed by atoms with Crippen molar-refractivity contribution in [1.29, 1.82) is 0 Å². The zero-order valence-electron chi connectivity index (χ0n) is 17.7. The first-order valence-electron chi connectivity index (χ1n) is 10.1. The van der Waals surface area contributed by atoms with Crippen molar-refractivity contribution < 1.29 is 35.6 Å². The lowest BCUT2D eigenvalue weighted by Crippen LogP contribution is -2.28. The Hall–Kier alpha value is -3.05. The first-order chi connectivity index (χ1) is 15.5. The molecule has 0 radical (unpaired) electrons. The summed E-state index contributed by atoms with van der Waals surface area (Å²) in [6.07, 6.45) is -2.98. The number of alkyl halides is 3. The lowest BCUT2D eigenvalue weighted by molar-refractivity contribution is -0.137. The van der Waals surface area contributed by atoms with Gasteiger partial charge in [-0.2, -0.15) is 26.7 Å². The van der Waals surface area contributed by atoms with Gasteiger partial charge < -0.3 is 9.47 Å². The van der Waals surface area contributed by atoms with Crippen molar-refractivity contribution in [2.45, 2.75) is 43.0 Å². The van der Waals surface area contributed by atoms with Crippen molar-refractivity contribution >= 4 is 10.1 Å². The highest BCUT2D eigenvalue weighted by atomic mass is 32.2. The predicted molar refractivity (Wildman–Crippen MR) is 113 cm³/mol. The Morgan fingerprint density at radius 3 is 2.58 bits per heavy atom. The van der Waals surface area contributed by atoms with Gasteiger partial charge in [-0.15, -0.1) is 0 Å². The number of hydrogen-bond donors (Lipinski definition) is 1. The minimum Gasteiger partial charge on any atom is -0.490 e. The number of benzene rings is 2. The summed E-state index contributed by atoms with van der Waals surface area (Å²) in [4.78, 5) is -0.318. The third kappa shape index (κ3) is 4.69. The van der Waals surface area contributed by atoms with Gasteiger partial charge in [-0.1, -0.05) is 13.0 Å². The second-order valence-corrected chi connectivity index (χ2v) is 9.14. The van der Waals surface area contributed by atoms with Gasteiger partial charge in [-0.3, -0.25) is 9.23 Å². The molecule has 2 heterocycles. The highest BCUT2D eigenvalue weighted by Crippen LogP contribution is 2.43. The second-order valence-electron chi connectivity index (χ2n) is 7.71. The Bertz CT molecular complexity index is 1290. The Labute approximate surface area is 188 Å². The first kappa shape index (κ1) is 23.1. The van der Waals surface area contributed by atoms with Crippen LogP contribution in [-0.4, -0.2) is 28.9 Å². The SMILES string of the molecule is CCC1CC(Oc2ccc(C(F)(F)F)cc2-c2ccnn2C)c2ccc(S(=O)(=O)O)cc2O1. The molecule has 1 aliphatic heterocycles. The second kappa shape index (κ2) is 8.38. The molecule has 0 fully saturated rings. The number of hydrogen-bond acceptors (Lipinski definition) is 5. The monoisotopic (exact) mass is 482 g/mol. The van der Waals surface area contributed by atoms with Gasteiger partial charge in [0, 0.05) is 36.9 Å². The molecular weight excluding hydrogens is 461 g/mol. The number of aryl methyl sites for hydroxylation is 1. The number of halogens is 3. The fraction of sp³-hybridized carbons (Fsp3) is 0.318. The van der Waals surface area contributed by atoms with Crippen LogP contribution in [0.25, 0.3) is 11.3 Å². The van der Waals surface area contributed by atoms with Crippen molar-refractivity contribution in [2.75, 3.05) is 0 Å². The molecule has 176 valence electrons. The summed E-state index contributed by atoms with van der Waals surface area (Å²) in [5.74, 6) is 0.459. The van der Waals surface area contributed by atoms with E-state index in [9.17, 15) is 26.1 Å². The molecule has 0 saturated carbocycles. The molecular formula is C22H21F3N2O5S. The number of nitrogens with zero attached hydrogens (tertiary/aromatic N) is 2. The predicted octanol–water partition coefficient (Wildman–Crippen LogP) is 5.03. The maximum atomic E-state index is 13.4. The third-order valence-electron chi connectivity index (χ3n) is 5.53. The number of fused-ring (bicyclic) bond motifs is 1. The van der Waals surface area contributed by atoms with Crippen LogP contribution in [-0.2, 0) is 23.3 Å². The highest BCUT2D eigenvalue weighted by molar-refractivity contribution is 7.85. The number of ether oxygens (including phenoxy) is 2. The van der Waals surface area contributed by atoms with Gasteiger partial charge in [-0.05, 0) is 36.8 Å². The van der Waals surface area contributed by atoms with E-state index >= 15 is 0 Å². The van der Waals surface area contributed by atoms with Gasteiger partial charge in [-0.25, -0.2) is 0 Å². The molecule has 2 aromatic carbocycles. The van der Waals surface area contributed by atoms with Crippen LogP contribution in [0.1, 0.15) is 37.0 Å². The fourth-order valence-corrected chi connectivity index (χ4v) is 4.29. The van der Waals surface area contributed by atoms with Crippen LogP contribution in [0.4, 0.5) is 13.2 Å². The summed E-state index contributed by atoms with van der Waals surface area (Å²) < 4.78 is 86.1. The maximum Gasteiger partial charge on any atom is 0.416 e. The summed E-state index contributed by atoms with van der Waals surface area (Å²) in [5, 5.41) is 4.05. The number of aromatic nitrogens is 2. The third-order valence-corrected chi connectivity index (χ3v) is 6.38. The van der Waals surface area contributed by atoms with Crippen LogP contribution in [0.15, 0.2) is 53.6 Å². The van der Waals surface area contributed by atoms with Gasteiger partial charge in [0.2, 0.25) is 0 Å². The summed E-state index contributed by atoms with van der Waals surface area (Å²) in [6.45, 7) is 1.89.